The van der Waals surface area contributed by atoms with Crippen LogP contribution in [-0.4, -0.2) is 4.57 Å². The van der Waals surface area contributed by atoms with Crippen molar-refractivity contribution in [3.63, 3.8) is 0 Å². The normalized spacial score (nSPS) is 24.4. The maximum Gasteiger partial charge on any atom is 0.0537 e. The minimum Gasteiger partial charge on any atom is -0.313 e. The molecule has 2 atom stereocenters. The van der Waals surface area contributed by atoms with Gasteiger partial charge in [-0.15, -0.1) is 0 Å². The minimum absolute atomic E-state index is 0.624. The van der Waals surface area contributed by atoms with E-state index in [1.807, 2.05) is 0 Å². The third-order valence-electron chi connectivity index (χ3n) is 8.49. The van der Waals surface area contributed by atoms with Crippen LogP contribution in [0.5, 0.6) is 0 Å². The zero-order valence-electron chi connectivity index (χ0n) is 19.9. The maximum absolute atomic E-state index is 2.53. The lowest BCUT2D eigenvalue weighted by Crippen LogP contribution is -2.17. The molecule has 2 unspecified atom stereocenters. The molecule has 0 spiro atoms. The number of allylic oxidation sites excluding steroid dienone is 12. The van der Waals surface area contributed by atoms with Gasteiger partial charge < -0.3 is 4.57 Å². The van der Waals surface area contributed by atoms with Crippen molar-refractivity contribution in [2.75, 3.05) is 0 Å². The van der Waals surface area contributed by atoms with Gasteiger partial charge in [0.15, 0.2) is 0 Å². The molecular formula is C33H31N. The van der Waals surface area contributed by atoms with Gasteiger partial charge in [-0.25, -0.2) is 0 Å². The Balaban J connectivity index is 1.25. The lowest BCUT2D eigenvalue weighted by atomic mass is 9.73. The maximum atomic E-state index is 2.53. The van der Waals surface area contributed by atoms with Crippen molar-refractivity contribution < 1.29 is 0 Å². The Hall–Kier alpha value is -3.32. The van der Waals surface area contributed by atoms with Gasteiger partial charge in [0.2, 0.25) is 0 Å². The molecule has 1 heterocycles. The van der Waals surface area contributed by atoms with Crippen LogP contribution in [0.25, 0.3) is 27.5 Å². The molecule has 0 fully saturated rings. The Bertz CT molecular complexity index is 1460. The molecule has 0 saturated heterocycles. The highest BCUT2D eigenvalue weighted by Crippen LogP contribution is 2.44. The summed E-state index contributed by atoms with van der Waals surface area (Å²) >= 11 is 0. The summed E-state index contributed by atoms with van der Waals surface area (Å²) in [5.41, 5.74) is 11.9. The van der Waals surface area contributed by atoms with Crippen LogP contribution < -0.4 is 0 Å². The Kier molecular flexibility index (Phi) is 4.65. The molecule has 7 rings (SSSR count). The van der Waals surface area contributed by atoms with Gasteiger partial charge in [-0.05, 0) is 97.8 Å². The fraction of sp³-hybridized carbons (Fsp3) is 0.273. The first kappa shape index (κ1) is 20.1. The van der Waals surface area contributed by atoms with Gasteiger partial charge in [0.05, 0.1) is 11.0 Å². The third kappa shape index (κ3) is 3.21. The van der Waals surface area contributed by atoms with Crippen molar-refractivity contribution in [3.05, 3.63) is 113 Å². The Morgan fingerprint density at radius 2 is 1.29 bits per heavy atom. The molecule has 1 nitrogen and oxygen atoms in total. The zero-order chi connectivity index (χ0) is 22.6. The summed E-state index contributed by atoms with van der Waals surface area (Å²) in [6, 6.07) is 17.7. The summed E-state index contributed by atoms with van der Waals surface area (Å²) < 4.78 is 2.51. The van der Waals surface area contributed by atoms with Gasteiger partial charge in [-0.3, -0.25) is 0 Å². The summed E-state index contributed by atoms with van der Waals surface area (Å²) in [7, 11) is 0. The second-order valence-electron chi connectivity index (χ2n) is 10.6. The van der Waals surface area contributed by atoms with Crippen molar-refractivity contribution in [3.8, 4) is 0 Å². The predicted octanol–water partition coefficient (Wildman–Crippen LogP) is 8.91. The quantitative estimate of drug-likeness (QED) is 0.374. The van der Waals surface area contributed by atoms with Crippen molar-refractivity contribution in [1.82, 2.24) is 4.57 Å². The van der Waals surface area contributed by atoms with E-state index in [1.165, 1.54) is 70.8 Å². The van der Waals surface area contributed by atoms with Crippen LogP contribution in [0.4, 0.5) is 0 Å². The highest BCUT2D eigenvalue weighted by molar-refractivity contribution is 6.10. The molecule has 0 N–H and O–H groups in total. The first-order chi connectivity index (χ1) is 16.7. The molecular weight excluding hydrogens is 410 g/mol. The van der Waals surface area contributed by atoms with Crippen molar-refractivity contribution in [2.24, 2.45) is 11.8 Å². The molecule has 0 radical (unpaired) electrons. The Labute approximate surface area is 202 Å². The van der Waals surface area contributed by atoms with Crippen LogP contribution in [-0.2, 0) is 0 Å². The van der Waals surface area contributed by atoms with E-state index < -0.39 is 0 Å². The van der Waals surface area contributed by atoms with Gasteiger partial charge in [0, 0.05) is 16.5 Å². The van der Waals surface area contributed by atoms with Crippen LogP contribution in [0.15, 0.2) is 113 Å². The monoisotopic (exact) mass is 441 g/mol. The van der Waals surface area contributed by atoms with E-state index in [9.17, 15) is 0 Å². The number of rotatable bonds is 2. The standard InChI is InChI=1S/C33H31N/c1-22-10-11-24-19-25(13-12-23(24)18-22)26-14-15-28-21-29(17-16-27(28)20-26)34-32-8-4-2-6-30(32)31-7-3-5-9-33(31)34/h2-9,12-13,16-18,20,24,28H,10-11,14-15,19,21H2,1H3. The summed E-state index contributed by atoms with van der Waals surface area (Å²) in [4.78, 5) is 0. The minimum atomic E-state index is 0.624. The first-order valence-corrected chi connectivity index (χ1v) is 12.9. The van der Waals surface area contributed by atoms with Gasteiger partial charge in [-0.2, -0.15) is 0 Å². The molecule has 0 saturated carbocycles. The number of para-hydroxylation sites is 2. The highest BCUT2D eigenvalue weighted by atomic mass is 15.0. The molecule has 4 aliphatic carbocycles. The highest BCUT2D eigenvalue weighted by Gasteiger charge is 2.28. The van der Waals surface area contributed by atoms with E-state index in [0.717, 1.165) is 12.3 Å². The van der Waals surface area contributed by atoms with Gasteiger partial charge in [0.25, 0.3) is 0 Å². The number of hydrogen-bond donors (Lipinski definition) is 0. The van der Waals surface area contributed by atoms with E-state index in [4.69, 9.17) is 0 Å². The van der Waals surface area contributed by atoms with Gasteiger partial charge in [-0.1, -0.05) is 72.4 Å². The van der Waals surface area contributed by atoms with Crippen molar-refractivity contribution >= 4 is 27.5 Å². The van der Waals surface area contributed by atoms with Crippen LogP contribution in [0.3, 0.4) is 0 Å². The molecule has 3 aromatic rings. The zero-order valence-corrected chi connectivity index (χ0v) is 19.9. The molecule has 0 amide bonds. The fourth-order valence-corrected chi connectivity index (χ4v) is 6.67. The average Bonchev–Trinajstić information content (AvgIpc) is 3.22. The number of hydrogen-bond acceptors (Lipinski definition) is 0. The SMILES string of the molecule is CC1=CC2=CC=C(C3=CC4=CC=C(n5c6ccccc6c6ccccc65)CC4CC3)CC2CC1. The number of benzene rings is 2. The average molecular weight is 442 g/mol. The number of nitrogens with zero attached hydrogens (tertiary/aromatic N) is 1. The molecule has 1 heteroatoms. The number of aromatic nitrogens is 1. The second-order valence-corrected chi connectivity index (χ2v) is 10.6. The van der Waals surface area contributed by atoms with Crippen LogP contribution >= 0.6 is 0 Å². The van der Waals surface area contributed by atoms with E-state index in [1.54, 1.807) is 16.7 Å². The third-order valence-corrected chi connectivity index (χ3v) is 8.49. The van der Waals surface area contributed by atoms with E-state index in [0.29, 0.717) is 5.92 Å². The Morgan fingerprint density at radius 1 is 0.647 bits per heavy atom. The van der Waals surface area contributed by atoms with Crippen LogP contribution in [0.1, 0.15) is 45.4 Å². The molecule has 168 valence electrons. The van der Waals surface area contributed by atoms with E-state index >= 15 is 0 Å². The largest absolute Gasteiger partial charge is 0.313 e. The van der Waals surface area contributed by atoms with Crippen LogP contribution in [0.2, 0.25) is 0 Å². The lowest BCUT2D eigenvalue weighted by Gasteiger charge is -2.32. The van der Waals surface area contributed by atoms with Gasteiger partial charge >= 0.3 is 0 Å². The first-order valence-electron chi connectivity index (χ1n) is 12.9. The molecule has 1 aromatic heterocycles. The van der Waals surface area contributed by atoms with Crippen LogP contribution in [0, 0.1) is 11.8 Å². The fourth-order valence-electron chi connectivity index (χ4n) is 6.67. The Morgan fingerprint density at radius 3 is 2.09 bits per heavy atom. The summed E-state index contributed by atoms with van der Waals surface area (Å²) in [5, 5.41) is 2.70. The van der Waals surface area contributed by atoms with E-state index in [-0.39, 0.29) is 0 Å². The summed E-state index contributed by atoms with van der Waals surface area (Å²) in [6.45, 7) is 2.27. The molecule has 2 aromatic carbocycles. The molecule has 34 heavy (non-hydrogen) atoms. The second kappa shape index (κ2) is 7.87. The predicted molar refractivity (Wildman–Crippen MR) is 144 cm³/mol. The lowest BCUT2D eigenvalue weighted by molar-refractivity contribution is 0.525. The smallest absolute Gasteiger partial charge is 0.0537 e. The summed E-state index contributed by atoms with van der Waals surface area (Å²) in [6.07, 6.45) is 21.9. The topological polar surface area (TPSA) is 4.93 Å². The molecule has 0 aliphatic heterocycles. The number of fused-ring (bicyclic) bond motifs is 5. The van der Waals surface area contributed by atoms with Crippen molar-refractivity contribution in [2.45, 2.75) is 45.4 Å². The van der Waals surface area contributed by atoms with Gasteiger partial charge in [0.1, 0.15) is 0 Å². The van der Waals surface area contributed by atoms with Crippen molar-refractivity contribution in [1.29, 1.82) is 0 Å². The molecule has 4 aliphatic rings. The van der Waals surface area contributed by atoms with E-state index in [2.05, 4.69) is 96.5 Å². The molecule has 0 bridgehead atoms. The summed E-state index contributed by atoms with van der Waals surface area (Å²) in [5.74, 6) is 1.35.